The Balaban J connectivity index is 2.36. The molecular formula is C18H8F5N5O6. The fraction of sp³-hybridized carbons (Fsp3) is 0. The Morgan fingerprint density at radius 2 is 1.12 bits per heavy atom. The monoisotopic (exact) mass is 485 g/mol. The Labute approximate surface area is 184 Å². The molecule has 0 spiro atoms. The molecule has 0 atom stereocenters. The largest absolute Gasteiger partial charge is 0.308 e. The summed E-state index contributed by atoms with van der Waals surface area (Å²) in [6.07, 6.45) is 0. The molecule has 0 aliphatic heterocycles. The van der Waals surface area contributed by atoms with E-state index in [1.165, 1.54) is 18.2 Å². The van der Waals surface area contributed by atoms with Crippen molar-refractivity contribution < 1.29 is 36.7 Å². The number of para-hydroxylation sites is 1. The standard InChI is InChI=1S/C18H8F5N5O6/c19-12-13(20)15(22)18(16(23)14(12)21)25(8-4-2-1-3-5-8)24-17-10(27(31)32)6-9(26(29)30)7-11(17)28(33)34/h1-7,24H. The van der Waals surface area contributed by atoms with Crippen LogP contribution in [-0.2, 0) is 0 Å². The van der Waals surface area contributed by atoms with E-state index in [2.05, 4.69) is 0 Å². The molecule has 0 radical (unpaired) electrons. The van der Waals surface area contributed by atoms with Gasteiger partial charge in [-0.25, -0.2) is 27.0 Å². The molecule has 0 aromatic heterocycles. The van der Waals surface area contributed by atoms with Crippen molar-refractivity contribution >= 4 is 34.1 Å². The lowest BCUT2D eigenvalue weighted by Gasteiger charge is -2.27. The molecule has 0 aliphatic carbocycles. The minimum Gasteiger partial charge on any atom is -0.281 e. The maximum atomic E-state index is 14.6. The zero-order valence-electron chi connectivity index (χ0n) is 16.2. The average molecular weight is 485 g/mol. The Morgan fingerprint density at radius 3 is 1.53 bits per heavy atom. The van der Waals surface area contributed by atoms with Gasteiger partial charge in [-0.05, 0) is 12.1 Å². The molecule has 0 heterocycles. The van der Waals surface area contributed by atoms with Crippen LogP contribution in [0.4, 0.5) is 56.1 Å². The van der Waals surface area contributed by atoms with Crippen LogP contribution in [0.5, 0.6) is 0 Å². The smallest absolute Gasteiger partial charge is 0.281 e. The predicted molar refractivity (Wildman–Crippen MR) is 105 cm³/mol. The van der Waals surface area contributed by atoms with E-state index < -0.39 is 72.3 Å². The topological polar surface area (TPSA) is 145 Å². The summed E-state index contributed by atoms with van der Waals surface area (Å²) in [6, 6.07) is 6.71. The first-order valence-electron chi connectivity index (χ1n) is 8.70. The number of hydrazine groups is 1. The van der Waals surface area contributed by atoms with Crippen LogP contribution in [0.25, 0.3) is 0 Å². The van der Waals surface area contributed by atoms with Crippen LogP contribution in [-0.4, -0.2) is 14.8 Å². The number of halogens is 5. The number of rotatable bonds is 7. The summed E-state index contributed by atoms with van der Waals surface area (Å²) in [5, 5.41) is 34.2. The van der Waals surface area contributed by atoms with E-state index in [1.807, 2.05) is 5.43 Å². The van der Waals surface area contributed by atoms with Crippen LogP contribution < -0.4 is 10.4 Å². The molecule has 34 heavy (non-hydrogen) atoms. The second-order valence-corrected chi connectivity index (χ2v) is 6.33. The van der Waals surface area contributed by atoms with Crippen molar-refractivity contribution in [2.45, 2.75) is 0 Å². The molecule has 11 nitrogen and oxygen atoms in total. The van der Waals surface area contributed by atoms with E-state index >= 15 is 0 Å². The molecule has 0 fully saturated rings. The van der Waals surface area contributed by atoms with Gasteiger partial charge in [0, 0.05) is 0 Å². The molecule has 3 aromatic carbocycles. The van der Waals surface area contributed by atoms with Gasteiger partial charge in [-0.3, -0.25) is 35.8 Å². The van der Waals surface area contributed by atoms with E-state index in [-0.39, 0.29) is 10.7 Å². The van der Waals surface area contributed by atoms with Crippen LogP contribution in [0.1, 0.15) is 0 Å². The molecule has 3 aromatic rings. The van der Waals surface area contributed by atoms with E-state index in [0.717, 1.165) is 12.1 Å². The van der Waals surface area contributed by atoms with E-state index in [1.54, 1.807) is 0 Å². The molecule has 0 amide bonds. The Bertz CT molecular complexity index is 1280. The predicted octanol–water partition coefficient (Wildman–Crippen LogP) is 5.27. The second kappa shape index (κ2) is 8.93. The number of nitrogens with one attached hydrogen (secondary N) is 1. The first-order chi connectivity index (χ1) is 16.0. The van der Waals surface area contributed by atoms with Gasteiger partial charge in [0.15, 0.2) is 23.3 Å². The van der Waals surface area contributed by atoms with Gasteiger partial charge in [-0.2, -0.15) is 0 Å². The van der Waals surface area contributed by atoms with Crippen molar-refractivity contribution in [1.29, 1.82) is 0 Å². The summed E-state index contributed by atoms with van der Waals surface area (Å²) < 4.78 is 70.4. The highest BCUT2D eigenvalue weighted by Gasteiger charge is 2.35. The van der Waals surface area contributed by atoms with Gasteiger partial charge in [0.25, 0.3) is 5.69 Å². The highest BCUT2D eigenvalue weighted by molar-refractivity contribution is 5.81. The third-order valence-corrected chi connectivity index (χ3v) is 4.33. The molecule has 1 N–H and O–H groups in total. The number of non-ortho nitro benzene ring substituents is 1. The molecule has 0 unspecified atom stereocenters. The van der Waals surface area contributed by atoms with Crippen LogP contribution in [0.15, 0.2) is 42.5 Å². The molecule has 3 rings (SSSR count). The van der Waals surface area contributed by atoms with E-state index in [9.17, 15) is 52.3 Å². The lowest BCUT2D eigenvalue weighted by molar-refractivity contribution is -0.401. The molecule has 0 bridgehead atoms. The van der Waals surface area contributed by atoms with Crippen LogP contribution >= 0.6 is 0 Å². The van der Waals surface area contributed by atoms with Crippen molar-refractivity contribution in [1.82, 2.24) is 0 Å². The Morgan fingerprint density at radius 1 is 0.676 bits per heavy atom. The third kappa shape index (κ3) is 4.10. The normalized spacial score (nSPS) is 10.6. The number of anilines is 3. The van der Waals surface area contributed by atoms with Crippen LogP contribution in [0, 0.1) is 59.4 Å². The van der Waals surface area contributed by atoms with Crippen molar-refractivity contribution in [3.63, 3.8) is 0 Å². The summed E-state index contributed by atoms with van der Waals surface area (Å²) in [5.74, 6) is -11.9. The lowest BCUT2D eigenvalue weighted by atomic mass is 10.2. The lowest BCUT2D eigenvalue weighted by Crippen LogP contribution is -2.28. The number of nitrogens with zero attached hydrogens (tertiary/aromatic N) is 4. The molecule has 0 saturated heterocycles. The van der Waals surface area contributed by atoms with Gasteiger partial charge in [-0.15, -0.1) is 0 Å². The maximum absolute atomic E-state index is 14.6. The Hall–Kier alpha value is -4.89. The first-order valence-corrected chi connectivity index (χ1v) is 8.70. The van der Waals surface area contributed by atoms with E-state index in [0.29, 0.717) is 12.1 Å². The SMILES string of the molecule is O=[N+]([O-])c1cc([N+](=O)[O-])c(NN(c2ccccc2)c2c(F)c(F)c(F)c(F)c2F)c([N+](=O)[O-])c1. The van der Waals surface area contributed by atoms with Gasteiger partial charge < -0.3 is 0 Å². The summed E-state index contributed by atoms with van der Waals surface area (Å²) in [5.41, 5.74) is -4.86. The maximum Gasteiger partial charge on any atom is 0.308 e. The van der Waals surface area contributed by atoms with Gasteiger partial charge in [0.2, 0.25) is 11.5 Å². The summed E-state index contributed by atoms with van der Waals surface area (Å²) in [7, 11) is 0. The Kier molecular flexibility index (Phi) is 6.24. The third-order valence-electron chi connectivity index (χ3n) is 4.33. The highest BCUT2D eigenvalue weighted by Crippen LogP contribution is 2.42. The molecular weight excluding hydrogens is 477 g/mol. The van der Waals surface area contributed by atoms with Gasteiger partial charge in [0.1, 0.15) is 5.69 Å². The number of nitro groups is 3. The summed E-state index contributed by atoms with van der Waals surface area (Å²) in [4.78, 5) is 30.3. The number of nitro benzene ring substituents is 3. The zero-order chi connectivity index (χ0) is 25.3. The fourth-order valence-electron chi connectivity index (χ4n) is 2.83. The van der Waals surface area contributed by atoms with Crippen molar-refractivity contribution in [3.8, 4) is 0 Å². The molecule has 0 saturated carbocycles. The van der Waals surface area contributed by atoms with Crippen molar-refractivity contribution in [2.75, 3.05) is 10.4 Å². The summed E-state index contributed by atoms with van der Waals surface area (Å²) in [6.45, 7) is 0. The summed E-state index contributed by atoms with van der Waals surface area (Å²) >= 11 is 0. The minimum absolute atomic E-state index is 0.150. The quantitative estimate of drug-likeness (QED) is 0.157. The molecule has 16 heteroatoms. The molecule has 0 aliphatic rings. The zero-order valence-corrected chi connectivity index (χ0v) is 16.2. The highest BCUT2D eigenvalue weighted by atomic mass is 19.2. The number of benzene rings is 3. The van der Waals surface area contributed by atoms with Crippen LogP contribution in [0.2, 0.25) is 0 Å². The average Bonchev–Trinajstić information content (AvgIpc) is 2.80. The van der Waals surface area contributed by atoms with Gasteiger partial charge in [-0.1, -0.05) is 18.2 Å². The number of hydrogen-bond donors (Lipinski definition) is 1. The first kappa shape index (κ1) is 23.8. The second-order valence-electron chi connectivity index (χ2n) is 6.33. The van der Waals surface area contributed by atoms with Crippen molar-refractivity contribution in [3.05, 3.63) is 102 Å². The number of hydrogen-bond acceptors (Lipinski definition) is 8. The van der Waals surface area contributed by atoms with Crippen LogP contribution in [0.3, 0.4) is 0 Å². The van der Waals surface area contributed by atoms with Crippen molar-refractivity contribution in [2.24, 2.45) is 0 Å². The van der Waals surface area contributed by atoms with Gasteiger partial charge in [0.05, 0.1) is 32.6 Å². The van der Waals surface area contributed by atoms with Gasteiger partial charge >= 0.3 is 11.4 Å². The molecule has 176 valence electrons. The fourth-order valence-corrected chi connectivity index (χ4v) is 2.83. The van der Waals surface area contributed by atoms with E-state index in [4.69, 9.17) is 0 Å². The minimum atomic E-state index is -2.49.